The molecular formula is C22H25ClN4O3. The van der Waals surface area contributed by atoms with Gasteiger partial charge in [-0.2, -0.15) is 0 Å². The van der Waals surface area contributed by atoms with E-state index in [4.69, 9.17) is 21.1 Å². The summed E-state index contributed by atoms with van der Waals surface area (Å²) in [7, 11) is 3.29. The molecule has 158 valence electrons. The minimum absolute atomic E-state index is 0.126. The molecule has 2 aromatic carbocycles. The van der Waals surface area contributed by atoms with Crippen molar-refractivity contribution in [3.8, 4) is 11.5 Å². The Morgan fingerprint density at radius 1 is 0.967 bits per heavy atom. The van der Waals surface area contributed by atoms with Crippen LogP contribution in [0.25, 0.3) is 10.9 Å². The van der Waals surface area contributed by atoms with E-state index >= 15 is 0 Å². The molecule has 1 saturated heterocycles. The van der Waals surface area contributed by atoms with E-state index in [0.29, 0.717) is 28.3 Å². The molecule has 0 unspecified atom stereocenters. The lowest BCUT2D eigenvalue weighted by atomic mass is 10.1. The van der Waals surface area contributed by atoms with E-state index in [1.165, 1.54) is 5.56 Å². The van der Waals surface area contributed by atoms with Crippen molar-refractivity contribution >= 4 is 22.5 Å². The fourth-order valence-electron chi connectivity index (χ4n) is 3.79. The van der Waals surface area contributed by atoms with E-state index in [9.17, 15) is 4.79 Å². The van der Waals surface area contributed by atoms with Crippen molar-refractivity contribution in [2.75, 3.05) is 40.4 Å². The van der Waals surface area contributed by atoms with Gasteiger partial charge in [0.2, 0.25) is 0 Å². The number of hydrogen-bond donors (Lipinski definition) is 1. The summed E-state index contributed by atoms with van der Waals surface area (Å²) in [5.74, 6) is 2.16. The van der Waals surface area contributed by atoms with Crippen LogP contribution in [0.3, 0.4) is 0 Å². The first-order valence-corrected chi connectivity index (χ1v) is 10.3. The molecule has 8 heteroatoms. The molecule has 0 atom stereocenters. The highest BCUT2D eigenvalue weighted by atomic mass is 35.5. The zero-order valence-corrected chi connectivity index (χ0v) is 17.9. The second kappa shape index (κ2) is 9.04. The molecule has 1 aromatic heterocycles. The molecule has 0 saturated carbocycles. The molecule has 0 radical (unpaired) electrons. The van der Waals surface area contributed by atoms with Crippen molar-refractivity contribution in [2.45, 2.75) is 13.1 Å². The molecule has 1 aliphatic heterocycles. The van der Waals surface area contributed by atoms with Crippen LogP contribution in [0, 0.1) is 0 Å². The first kappa shape index (κ1) is 20.7. The van der Waals surface area contributed by atoms with Gasteiger partial charge in [-0.1, -0.05) is 17.7 Å². The van der Waals surface area contributed by atoms with E-state index in [1.807, 2.05) is 12.1 Å². The maximum Gasteiger partial charge on any atom is 0.258 e. The van der Waals surface area contributed by atoms with Crippen LogP contribution in [0.15, 0.2) is 41.2 Å². The van der Waals surface area contributed by atoms with Crippen LogP contribution in [-0.2, 0) is 13.1 Å². The Morgan fingerprint density at radius 3 is 2.37 bits per heavy atom. The summed E-state index contributed by atoms with van der Waals surface area (Å²) in [6.07, 6.45) is 0. The standard InChI is InChI=1S/C22H25ClN4O3/c1-29-19-6-3-15(11-20(19)30-2)13-26-7-9-27(10-8-26)14-21-24-18-12-16(23)4-5-17(18)22(28)25-21/h3-6,11-12H,7-10,13-14H2,1-2H3,(H,24,25,28). The highest BCUT2D eigenvalue weighted by molar-refractivity contribution is 6.31. The van der Waals surface area contributed by atoms with Gasteiger partial charge in [-0.25, -0.2) is 4.98 Å². The second-order valence-electron chi connectivity index (χ2n) is 7.42. The summed E-state index contributed by atoms with van der Waals surface area (Å²) in [5, 5.41) is 1.14. The maximum atomic E-state index is 12.3. The quantitative estimate of drug-likeness (QED) is 0.651. The number of hydrogen-bond acceptors (Lipinski definition) is 6. The summed E-state index contributed by atoms with van der Waals surface area (Å²) < 4.78 is 10.7. The SMILES string of the molecule is COc1ccc(CN2CCN(Cc3nc4cc(Cl)ccc4c(=O)[nH]3)CC2)cc1OC. The molecule has 0 spiro atoms. The smallest absolute Gasteiger partial charge is 0.258 e. The number of fused-ring (bicyclic) bond motifs is 1. The molecule has 1 fully saturated rings. The Morgan fingerprint density at radius 2 is 1.67 bits per heavy atom. The zero-order valence-electron chi connectivity index (χ0n) is 17.2. The summed E-state index contributed by atoms with van der Waals surface area (Å²) in [6, 6.07) is 11.2. The molecule has 3 aromatic rings. The Kier molecular flexibility index (Phi) is 6.22. The van der Waals surface area contributed by atoms with Gasteiger partial charge in [-0.3, -0.25) is 14.6 Å². The second-order valence-corrected chi connectivity index (χ2v) is 7.85. The van der Waals surface area contributed by atoms with E-state index < -0.39 is 0 Å². The van der Waals surface area contributed by atoms with Gasteiger partial charge in [0, 0.05) is 37.7 Å². The van der Waals surface area contributed by atoms with Gasteiger partial charge in [0.1, 0.15) is 5.82 Å². The van der Waals surface area contributed by atoms with Crippen LogP contribution >= 0.6 is 11.6 Å². The van der Waals surface area contributed by atoms with Crippen molar-refractivity contribution in [1.82, 2.24) is 19.8 Å². The summed E-state index contributed by atoms with van der Waals surface area (Å²) in [5.41, 5.74) is 1.70. The molecule has 1 aliphatic rings. The Balaban J connectivity index is 1.37. The van der Waals surface area contributed by atoms with E-state index in [0.717, 1.165) is 44.2 Å². The lowest BCUT2D eigenvalue weighted by Crippen LogP contribution is -2.45. The lowest BCUT2D eigenvalue weighted by molar-refractivity contribution is 0.120. The van der Waals surface area contributed by atoms with Crippen molar-refractivity contribution in [3.63, 3.8) is 0 Å². The number of nitrogens with one attached hydrogen (secondary N) is 1. The average molecular weight is 429 g/mol. The van der Waals surface area contributed by atoms with Gasteiger partial charge in [0.15, 0.2) is 11.5 Å². The molecule has 0 aliphatic carbocycles. The minimum Gasteiger partial charge on any atom is -0.493 e. The van der Waals surface area contributed by atoms with Crippen molar-refractivity contribution in [3.05, 3.63) is 63.2 Å². The predicted octanol–water partition coefficient (Wildman–Crippen LogP) is 2.91. The normalized spacial score (nSPS) is 15.4. The third kappa shape index (κ3) is 4.59. The highest BCUT2D eigenvalue weighted by Gasteiger charge is 2.19. The monoisotopic (exact) mass is 428 g/mol. The van der Waals surface area contributed by atoms with E-state index in [2.05, 4.69) is 25.8 Å². The largest absolute Gasteiger partial charge is 0.493 e. The number of nitrogens with zero attached hydrogens (tertiary/aromatic N) is 3. The van der Waals surface area contributed by atoms with Gasteiger partial charge >= 0.3 is 0 Å². The number of halogens is 1. The number of ether oxygens (including phenoxy) is 2. The van der Waals surface area contributed by atoms with Crippen LogP contribution in [0.5, 0.6) is 11.5 Å². The first-order chi connectivity index (χ1) is 14.6. The van der Waals surface area contributed by atoms with Crippen molar-refractivity contribution < 1.29 is 9.47 Å². The number of rotatable bonds is 6. The predicted molar refractivity (Wildman–Crippen MR) is 117 cm³/mol. The van der Waals surface area contributed by atoms with Crippen molar-refractivity contribution in [1.29, 1.82) is 0 Å². The molecular weight excluding hydrogens is 404 g/mol. The Hall–Kier alpha value is -2.61. The summed E-state index contributed by atoms with van der Waals surface area (Å²) in [6.45, 7) is 5.17. The lowest BCUT2D eigenvalue weighted by Gasteiger charge is -2.34. The summed E-state index contributed by atoms with van der Waals surface area (Å²) in [4.78, 5) is 24.5. The van der Waals surface area contributed by atoms with Crippen LogP contribution in [0.1, 0.15) is 11.4 Å². The van der Waals surface area contributed by atoms with E-state index in [1.54, 1.807) is 32.4 Å². The Labute approximate surface area is 180 Å². The molecule has 30 heavy (non-hydrogen) atoms. The minimum atomic E-state index is -0.126. The first-order valence-electron chi connectivity index (χ1n) is 9.90. The third-order valence-corrected chi connectivity index (χ3v) is 5.65. The van der Waals surface area contributed by atoms with Crippen LogP contribution < -0.4 is 15.0 Å². The molecule has 0 amide bonds. The van der Waals surface area contributed by atoms with Crippen molar-refractivity contribution in [2.24, 2.45) is 0 Å². The average Bonchev–Trinajstić information content (AvgIpc) is 2.74. The number of H-pyrrole nitrogens is 1. The molecule has 0 bridgehead atoms. The molecule has 1 N–H and O–H groups in total. The summed E-state index contributed by atoms with van der Waals surface area (Å²) >= 11 is 6.05. The molecule has 2 heterocycles. The fourth-order valence-corrected chi connectivity index (χ4v) is 3.96. The number of methoxy groups -OCH3 is 2. The number of piperazine rings is 1. The fraction of sp³-hybridized carbons (Fsp3) is 0.364. The van der Waals surface area contributed by atoms with Crippen LogP contribution in [-0.4, -0.2) is 60.2 Å². The van der Waals surface area contributed by atoms with Gasteiger partial charge in [0.25, 0.3) is 5.56 Å². The molecule has 4 rings (SSSR count). The maximum absolute atomic E-state index is 12.3. The van der Waals surface area contributed by atoms with Gasteiger partial charge in [0.05, 0.1) is 31.7 Å². The van der Waals surface area contributed by atoms with Gasteiger partial charge in [-0.05, 0) is 35.9 Å². The highest BCUT2D eigenvalue weighted by Crippen LogP contribution is 2.28. The van der Waals surface area contributed by atoms with Crippen LogP contribution in [0.2, 0.25) is 5.02 Å². The van der Waals surface area contributed by atoms with Crippen LogP contribution in [0.4, 0.5) is 0 Å². The zero-order chi connectivity index (χ0) is 21.1. The number of aromatic nitrogens is 2. The van der Waals surface area contributed by atoms with Gasteiger partial charge < -0.3 is 14.5 Å². The van der Waals surface area contributed by atoms with E-state index in [-0.39, 0.29) is 5.56 Å². The molecule has 7 nitrogen and oxygen atoms in total. The van der Waals surface area contributed by atoms with Gasteiger partial charge in [-0.15, -0.1) is 0 Å². The Bertz CT molecular complexity index is 1090. The topological polar surface area (TPSA) is 70.7 Å². The number of aromatic amines is 1. The number of benzene rings is 2. The third-order valence-electron chi connectivity index (χ3n) is 5.41.